The molecule has 0 aliphatic carbocycles. The fourth-order valence-electron chi connectivity index (χ4n) is 5.49. The summed E-state index contributed by atoms with van der Waals surface area (Å²) in [4.78, 5) is 36.2. The van der Waals surface area contributed by atoms with Gasteiger partial charge in [-0.3, -0.25) is 20.0 Å². The van der Waals surface area contributed by atoms with Crippen LogP contribution in [0.1, 0.15) is 44.2 Å². The van der Waals surface area contributed by atoms with Crippen LogP contribution < -0.4 is 21.5 Å². The number of nitrogens with two attached hydrogens (primary N) is 2. The molecule has 5 rings (SSSR count). The molecule has 2 aliphatic rings. The molecular formula is C36H51N9O3. The first-order chi connectivity index (χ1) is 23.4. The zero-order chi connectivity index (χ0) is 34.7. The summed E-state index contributed by atoms with van der Waals surface area (Å²) in [6, 6.07) is 16.8. The van der Waals surface area contributed by atoms with Crippen molar-refractivity contribution in [1.82, 2.24) is 24.7 Å². The Morgan fingerprint density at radius 2 is 1.65 bits per heavy atom. The minimum Gasteiger partial charge on any atom is -0.457 e. The number of amides is 1. The van der Waals surface area contributed by atoms with E-state index in [2.05, 4.69) is 38.9 Å². The average Bonchev–Trinajstić information content (AvgIpc) is 3.11. The molecule has 2 aromatic carbocycles. The highest BCUT2D eigenvalue weighted by Gasteiger charge is 2.25. The fourth-order valence-corrected chi connectivity index (χ4v) is 5.49. The lowest BCUT2D eigenvalue weighted by Crippen LogP contribution is -2.47. The van der Waals surface area contributed by atoms with Crippen molar-refractivity contribution in [2.45, 2.75) is 39.2 Å². The summed E-state index contributed by atoms with van der Waals surface area (Å²) in [5.74, 6) is 2.14. The molecule has 1 unspecified atom stereocenters. The van der Waals surface area contributed by atoms with Crippen LogP contribution in [0.2, 0.25) is 0 Å². The van der Waals surface area contributed by atoms with Gasteiger partial charge in [-0.05, 0) is 49.2 Å². The van der Waals surface area contributed by atoms with Gasteiger partial charge in [-0.2, -0.15) is 0 Å². The van der Waals surface area contributed by atoms with Gasteiger partial charge in [0, 0.05) is 76.6 Å². The van der Waals surface area contributed by atoms with Gasteiger partial charge in [-0.25, -0.2) is 9.97 Å². The highest BCUT2D eigenvalue weighted by Crippen LogP contribution is 2.26. The van der Waals surface area contributed by atoms with Gasteiger partial charge in [0.1, 0.15) is 36.3 Å². The molecule has 1 atom stereocenters. The van der Waals surface area contributed by atoms with Crippen molar-refractivity contribution in [3.05, 3.63) is 84.2 Å². The summed E-state index contributed by atoms with van der Waals surface area (Å²) in [5, 5.41) is 12.4. The predicted molar refractivity (Wildman–Crippen MR) is 193 cm³/mol. The molecule has 12 heteroatoms. The van der Waals surface area contributed by atoms with E-state index in [1.54, 1.807) is 6.08 Å². The number of nitrogens with one attached hydrogen (secondary N) is 2. The minimum absolute atomic E-state index is 0.0150. The van der Waals surface area contributed by atoms with Gasteiger partial charge in [0.2, 0.25) is 5.91 Å². The van der Waals surface area contributed by atoms with Crippen molar-refractivity contribution in [3.8, 4) is 11.5 Å². The van der Waals surface area contributed by atoms with Crippen molar-refractivity contribution in [2.24, 2.45) is 5.73 Å². The molecule has 2 aliphatic heterocycles. The maximum absolute atomic E-state index is 13.0. The number of ether oxygens (including phenoxy) is 1. The molecular weight excluding hydrogens is 606 g/mol. The number of hydrogen-bond donors (Lipinski definition) is 4. The second-order valence-electron chi connectivity index (χ2n) is 11.6. The third-order valence-corrected chi connectivity index (χ3v) is 7.86. The van der Waals surface area contributed by atoms with Gasteiger partial charge < -0.3 is 31.2 Å². The van der Waals surface area contributed by atoms with Gasteiger partial charge in [0.25, 0.3) is 0 Å². The molecule has 1 amide bonds. The molecule has 0 radical (unpaired) electrons. The highest BCUT2D eigenvalue weighted by molar-refractivity contribution is 6.16. The van der Waals surface area contributed by atoms with Crippen LogP contribution >= 0.6 is 0 Å². The largest absolute Gasteiger partial charge is 0.457 e. The Hall–Kier alpha value is -4.65. The number of hydrogen-bond acceptors (Lipinski definition) is 11. The minimum atomic E-state index is -0.0239. The molecule has 2 saturated heterocycles. The normalized spacial score (nSPS) is 16.6. The summed E-state index contributed by atoms with van der Waals surface area (Å²) in [6.45, 7) is 13.9. The molecule has 0 saturated carbocycles. The Kier molecular flexibility index (Phi) is 16.2. The third kappa shape index (κ3) is 11.5. The van der Waals surface area contributed by atoms with E-state index in [-0.39, 0.29) is 23.5 Å². The summed E-state index contributed by atoms with van der Waals surface area (Å²) in [5.41, 5.74) is 13.3. The van der Waals surface area contributed by atoms with Crippen LogP contribution in [0.4, 0.5) is 11.6 Å². The monoisotopic (exact) mass is 657 g/mol. The second-order valence-corrected chi connectivity index (χ2v) is 11.6. The van der Waals surface area contributed by atoms with Gasteiger partial charge in [0.15, 0.2) is 0 Å². The maximum Gasteiger partial charge on any atom is 0.246 e. The Morgan fingerprint density at radius 1 is 1.00 bits per heavy atom. The van der Waals surface area contributed by atoms with Gasteiger partial charge >= 0.3 is 0 Å². The lowest BCUT2D eigenvalue weighted by Gasteiger charge is -2.34. The van der Waals surface area contributed by atoms with Crippen molar-refractivity contribution in [3.63, 3.8) is 0 Å². The van der Waals surface area contributed by atoms with E-state index < -0.39 is 0 Å². The van der Waals surface area contributed by atoms with Crippen molar-refractivity contribution >= 4 is 30.0 Å². The second kappa shape index (κ2) is 20.6. The molecule has 258 valence electrons. The SMILES string of the molecule is C=O.CCC.N=C(c1ccc(Oc2ccccc2)cc1)c1c(N)ncnc1NC1CCCN(C(=O)/C=C/CN2CCN(CCN)CC2)C1. The van der Waals surface area contributed by atoms with E-state index in [4.69, 9.17) is 26.4 Å². The Bertz CT molecular complexity index is 1430. The summed E-state index contributed by atoms with van der Waals surface area (Å²) in [6.07, 6.45) is 8.07. The van der Waals surface area contributed by atoms with Gasteiger partial charge in [-0.15, -0.1) is 0 Å². The van der Waals surface area contributed by atoms with E-state index in [0.717, 1.165) is 57.9 Å². The number of para-hydroxylation sites is 1. The molecule has 3 heterocycles. The molecule has 3 aromatic rings. The predicted octanol–water partition coefficient (Wildman–Crippen LogP) is 4.03. The Morgan fingerprint density at radius 3 is 2.31 bits per heavy atom. The lowest BCUT2D eigenvalue weighted by molar-refractivity contribution is -0.127. The standard InChI is InChI=1S/C32H41N9O2.C3H8.CH2O/c33-14-17-40-20-18-39(19-21-40)15-5-9-28(42)41-16-4-6-25(22-41)38-32-29(31(35)36-23-37-32)30(34)24-10-12-27(13-11-24)43-26-7-2-1-3-8-26;1-3-2;1-2/h1-3,5,7-13,23,25,34H,4,6,14-22,33H2,(H3,35,36,37,38);3H2,1-2H3;1H2/b9-5+,34-30?;;. The molecule has 2 fully saturated rings. The quantitative estimate of drug-likeness (QED) is 0.175. The molecule has 12 nitrogen and oxygen atoms in total. The lowest BCUT2D eigenvalue weighted by atomic mass is 10.0. The van der Waals surface area contributed by atoms with Crippen LogP contribution in [-0.4, -0.2) is 108 Å². The van der Waals surface area contributed by atoms with E-state index in [1.165, 1.54) is 12.7 Å². The number of nitrogen functional groups attached to an aromatic ring is 1. The number of benzene rings is 2. The van der Waals surface area contributed by atoms with E-state index in [0.29, 0.717) is 42.3 Å². The molecule has 6 N–H and O–H groups in total. The summed E-state index contributed by atoms with van der Waals surface area (Å²) >= 11 is 0. The Labute approximate surface area is 284 Å². The first-order valence-electron chi connectivity index (χ1n) is 16.6. The summed E-state index contributed by atoms with van der Waals surface area (Å²) < 4.78 is 5.89. The third-order valence-electron chi connectivity index (χ3n) is 7.86. The number of rotatable bonds is 11. The number of nitrogens with zero attached hydrogens (tertiary/aromatic N) is 5. The number of likely N-dealkylation sites (tertiary alicyclic amines) is 1. The number of aromatic nitrogens is 2. The van der Waals surface area contributed by atoms with Crippen LogP contribution in [0.25, 0.3) is 0 Å². The number of anilines is 2. The van der Waals surface area contributed by atoms with Crippen molar-refractivity contribution in [1.29, 1.82) is 5.41 Å². The van der Waals surface area contributed by atoms with Crippen LogP contribution in [0.15, 0.2) is 73.1 Å². The number of carbonyl (C=O) groups is 2. The number of piperazine rings is 1. The van der Waals surface area contributed by atoms with Gasteiger partial charge in [0.05, 0.1) is 11.3 Å². The van der Waals surface area contributed by atoms with Crippen LogP contribution in [0.3, 0.4) is 0 Å². The van der Waals surface area contributed by atoms with Crippen molar-refractivity contribution in [2.75, 3.05) is 70.0 Å². The first-order valence-corrected chi connectivity index (χ1v) is 16.6. The van der Waals surface area contributed by atoms with E-state index in [1.807, 2.05) is 72.4 Å². The zero-order valence-corrected chi connectivity index (χ0v) is 28.3. The average molecular weight is 658 g/mol. The highest BCUT2D eigenvalue weighted by atomic mass is 16.5. The summed E-state index contributed by atoms with van der Waals surface area (Å²) in [7, 11) is 0. The number of carbonyl (C=O) groups excluding carboxylic acids is 2. The van der Waals surface area contributed by atoms with Crippen LogP contribution in [-0.2, 0) is 9.59 Å². The van der Waals surface area contributed by atoms with Gasteiger partial charge in [-0.1, -0.05) is 44.5 Å². The van der Waals surface area contributed by atoms with E-state index >= 15 is 0 Å². The van der Waals surface area contributed by atoms with E-state index in [9.17, 15) is 4.79 Å². The molecule has 0 bridgehead atoms. The molecule has 1 aromatic heterocycles. The van der Waals surface area contributed by atoms with Crippen LogP contribution in [0.5, 0.6) is 11.5 Å². The number of piperidine rings is 1. The topological polar surface area (TPSA) is 167 Å². The Balaban J connectivity index is 0.00000118. The maximum atomic E-state index is 13.0. The smallest absolute Gasteiger partial charge is 0.246 e. The molecule has 0 spiro atoms. The fraction of sp³-hybridized carbons (Fsp3) is 0.417. The first kappa shape index (κ1) is 37.8. The molecule has 48 heavy (non-hydrogen) atoms. The van der Waals surface area contributed by atoms with Crippen LogP contribution in [0, 0.1) is 5.41 Å². The van der Waals surface area contributed by atoms with Crippen molar-refractivity contribution < 1.29 is 14.3 Å². The zero-order valence-electron chi connectivity index (χ0n) is 28.3.